The average molecular weight is 686 g/mol. The largest absolute Gasteiger partial charge is 0.256 e. The highest BCUT2D eigenvalue weighted by molar-refractivity contribution is 4.84. The third-order valence-electron chi connectivity index (χ3n) is 11.3. The molecule has 0 unspecified atom stereocenters. The van der Waals surface area contributed by atoms with Gasteiger partial charge in [-0.05, 0) is 32.1 Å². The maximum Gasteiger partial charge on any atom is 0.256 e. The molecule has 2 nitrogen and oxygen atoms in total. The van der Waals surface area contributed by atoms with E-state index in [9.17, 15) is 0 Å². The molecule has 49 heavy (non-hydrogen) atoms. The summed E-state index contributed by atoms with van der Waals surface area (Å²) in [7, 11) is 0. The van der Waals surface area contributed by atoms with Gasteiger partial charge in [0, 0.05) is 6.42 Å². The number of unbranched alkanes of at least 4 members (excludes halogenated alkanes) is 35. The van der Waals surface area contributed by atoms with Crippen LogP contribution in [0.5, 0.6) is 0 Å². The lowest BCUT2D eigenvalue weighted by Gasteiger charge is -2.07. The molecule has 0 bridgehead atoms. The fraction of sp³-hybridized carbons (Fsp3) is 0.936. The Bertz CT molecular complexity index is 751. The summed E-state index contributed by atoms with van der Waals surface area (Å²) in [5.74, 6) is 1.63. The van der Waals surface area contributed by atoms with Gasteiger partial charge in [-0.15, -0.1) is 0 Å². The molecule has 0 N–H and O–H groups in total. The molecule has 0 aliphatic rings. The van der Waals surface area contributed by atoms with Crippen LogP contribution in [0.25, 0.3) is 0 Å². The first kappa shape index (κ1) is 46.2. The molecule has 1 aromatic rings. The van der Waals surface area contributed by atoms with Gasteiger partial charge < -0.3 is 0 Å². The van der Waals surface area contributed by atoms with E-state index in [0.717, 1.165) is 0 Å². The van der Waals surface area contributed by atoms with Gasteiger partial charge in [0.05, 0.1) is 13.1 Å². The Labute approximate surface area is 310 Å². The number of aryl methyl sites for hydroxylation is 2. The first-order valence-electron chi connectivity index (χ1n) is 23.4. The summed E-state index contributed by atoms with van der Waals surface area (Å²) < 4.78 is 5.30. The van der Waals surface area contributed by atoms with E-state index in [2.05, 4.69) is 42.3 Å². The minimum Gasteiger partial charge on any atom is -0.234 e. The zero-order chi connectivity index (χ0) is 35.1. The zero-order valence-electron chi connectivity index (χ0n) is 34.5. The summed E-state index contributed by atoms with van der Waals surface area (Å²) in [6.07, 6.45) is 60.8. The van der Waals surface area contributed by atoms with Crippen LogP contribution in [0.4, 0.5) is 0 Å². The third-order valence-corrected chi connectivity index (χ3v) is 11.3. The summed E-state index contributed by atoms with van der Waals surface area (Å²) >= 11 is 0. The van der Waals surface area contributed by atoms with Crippen LogP contribution in [0.1, 0.15) is 271 Å². The second kappa shape index (κ2) is 38.4. The maximum absolute atomic E-state index is 2.65. The number of rotatable bonds is 41. The van der Waals surface area contributed by atoms with Gasteiger partial charge in [0.25, 0.3) is 5.82 Å². The molecule has 0 amide bonds. The second-order valence-corrected chi connectivity index (χ2v) is 16.2. The highest BCUT2D eigenvalue weighted by atomic mass is 15.1. The molecule has 0 fully saturated rings. The van der Waals surface area contributed by atoms with Crippen molar-refractivity contribution in [2.45, 2.75) is 284 Å². The van der Waals surface area contributed by atoms with Crippen molar-refractivity contribution in [2.75, 3.05) is 0 Å². The summed E-state index contributed by atoms with van der Waals surface area (Å²) in [6.45, 7) is 9.41. The SMILES string of the molecule is CCCCCCCCCCCCCCCCc1n(CCCCCCCCCCCCC)cc[n+]1CCCCCCCCCCCCCCC. The normalized spacial score (nSPS) is 11.7. The van der Waals surface area contributed by atoms with Gasteiger partial charge in [0.15, 0.2) is 0 Å². The Balaban J connectivity index is 2.27. The Hall–Kier alpha value is -0.790. The monoisotopic (exact) mass is 686 g/mol. The van der Waals surface area contributed by atoms with Crippen LogP contribution < -0.4 is 4.57 Å². The summed E-state index contributed by atoms with van der Waals surface area (Å²) in [6, 6.07) is 0. The minimum atomic E-state index is 1.23. The smallest absolute Gasteiger partial charge is 0.234 e. The van der Waals surface area contributed by atoms with Crippen LogP contribution in [0, 0.1) is 0 Å². The first-order valence-corrected chi connectivity index (χ1v) is 23.4. The highest BCUT2D eigenvalue weighted by Crippen LogP contribution is 2.16. The van der Waals surface area contributed by atoms with Crippen molar-refractivity contribution >= 4 is 0 Å². The van der Waals surface area contributed by atoms with Gasteiger partial charge >= 0.3 is 0 Å². The second-order valence-electron chi connectivity index (χ2n) is 16.2. The Morgan fingerprint density at radius 3 is 0.980 bits per heavy atom. The molecular formula is C47H93N2+. The van der Waals surface area contributed by atoms with Gasteiger partial charge in [0.1, 0.15) is 12.4 Å². The van der Waals surface area contributed by atoms with Crippen LogP contribution >= 0.6 is 0 Å². The molecule has 1 heterocycles. The van der Waals surface area contributed by atoms with Crippen LogP contribution in [0.2, 0.25) is 0 Å². The van der Waals surface area contributed by atoms with Crippen molar-refractivity contribution in [3.05, 3.63) is 18.2 Å². The lowest BCUT2D eigenvalue weighted by Crippen LogP contribution is -2.37. The van der Waals surface area contributed by atoms with Crippen molar-refractivity contribution in [3.8, 4) is 0 Å². The fourth-order valence-corrected chi connectivity index (χ4v) is 7.92. The van der Waals surface area contributed by atoms with Crippen LogP contribution in [0.3, 0.4) is 0 Å². The van der Waals surface area contributed by atoms with Crippen molar-refractivity contribution in [1.82, 2.24) is 4.57 Å². The molecule has 0 radical (unpaired) electrons. The zero-order valence-corrected chi connectivity index (χ0v) is 34.5. The predicted octanol–water partition coefficient (Wildman–Crippen LogP) is 16.2. The first-order chi connectivity index (χ1) is 24.3. The topological polar surface area (TPSA) is 8.81 Å². The van der Waals surface area contributed by atoms with Gasteiger partial charge in [0.2, 0.25) is 0 Å². The van der Waals surface area contributed by atoms with Crippen LogP contribution in [-0.4, -0.2) is 4.57 Å². The van der Waals surface area contributed by atoms with Crippen molar-refractivity contribution < 1.29 is 4.57 Å². The molecule has 290 valence electrons. The van der Waals surface area contributed by atoms with E-state index >= 15 is 0 Å². The number of hydrogen-bond acceptors (Lipinski definition) is 0. The van der Waals surface area contributed by atoms with Gasteiger partial charge in [-0.1, -0.05) is 233 Å². The molecule has 0 aromatic carbocycles. The highest BCUT2D eigenvalue weighted by Gasteiger charge is 2.16. The Morgan fingerprint density at radius 1 is 0.347 bits per heavy atom. The van der Waals surface area contributed by atoms with Crippen molar-refractivity contribution in [1.29, 1.82) is 0 Å². The number of aromatic nitrogens is 2. The van der Waals surface area contributed by atoms with E-state index in [0.29, 0.717) is 0 Å². The Kier molecular flexibility index (Phi) is 36.3. The van der Waals surface area contributed by atoms with Crippen LogP contribution in [0.15, 0.2) is 12.4 Å². The minimum absolute atomic E-state index is 1.23. The van der Waals surface area contributed by atoms with E-state index in [1.165, 1.54) is 264 Å². The average Bonchev–Trinajstić information content (AvgIpc) is 3.50. The Morgan fingerprint density at radius 2 is 0.633 bits per heavy atom. The van der Waals surface area contributed by atoms with Crippen molar-refractivity contribution in [2.24, 2.45) is 0 Å². The summed E-state index contributed by atoms with van der Waals surface area (Å²) in [5.41, 5.74) is 0. The lowest BCUT2D eigenvalue weighted by atomic mass is 10.0. The lowest BCUT2D eigenvalue weighted by molar-refractivity contribution is -0.704. The molecule has 0 saturated carbocycles. The quantitative estimate of drug-likeness (QED) is 0.0479. The maximum atomic E-state index is 2.65. The molecule has 0 atom stereocenters. The number of imidazole rings is 1. The molecule has 0 saturated heterocycles. The summed E-state index contributed by atoms with van der Waals surface area (Å²) in [4.78, 5) is 0. The van der Waals surface area contributed by atoms with E-state index in [1.54, 1.807) is 5.82 Å². The van der Waals surface area contributed by atoms with E-state index in [4.69, 9.17) is 0 Å². The molecule has 0 aliphatic heterocycles. The van der Waals surface area contributed by atoms with Gasteiger partial charge in [-0.3, -0.25) is 0 Å². The molecule has 1 rings (SSSR count). The van der Waals surface area contributed by atoms with E-state index in [1.807, 2.05) is 0 Å². The van der Waals surface area contributed by atoms with E-state index < -0.39 is 0 Å². The van der Waals surface area contributed by atoms with Gasteiger partial charge in [-0.25, -0.2) is 9.13 Å². The molecule has 2 heteroatoms. The standard InChI is InChI=1S/C47H93N2/c1-4-7-10-13-16-19-22-24-25-27-30-33-36-39-42-47-48(43-40-37-34-31-28-21-18-15-12-9-6-3)45-46-49(47)44-41-38-35-32-29-26-23-20-17-14-11-8-5-2/h45-46H,4-44H2,1-3H3/q+1. The van der Waals surface area contributed by atoms with Crippen molar-refractivity contribution in [3.63, 3.8) is 0 Å². The predicted molar refractivity (Wildman–Crippen MR) is 221 cm³/mol. The molecular weight excluding hydrogens is 593 g/mol. The number of nitrogens with zero attached hydrogens (tertiary/aromatic N) is 2. The van der Waals surface area contributed by atoms with Gasteiger partial charge in [-0.2, -0.15) is 0 Å². The molecule has 1 aromatic heterocycles. The summed E-state index contributed by atoms with van der Waals surface area (Å²) in [5, 5.41) is 0. The molecule has 0 spiro atoms. The molecule has 0 aliphatic carbocycles. The van der Waals surface area contributed by atoms with Crippen LogP contribution in [-0.2, 0) is 19.5 Å². The van der Waals surface area contributed by atoms with E-state index in [-0.39, 0.29) is 0 Å². The fourth-order valence-electron chi connectivity index (χ4n) is 7.92. The third kappa shape index (κ3) is 30.5. The number of hydrogen-bond donors (Lipinski definition) is 0.